The molecular formula is C25H28O6. The molecule has 2 aromatic rings. The second-order valence-electron chi connectivity index (χ2n) is 8.30. The van der Waals surface area contributed by atoms with E-state index in [1.807, 2.05) is 39.8 Å². The van der Waals surface area contributed by atoms with Crippen LogP contribution in [0.1, 0.15) is 60.7 Å². The number of hydrogen-bond donors (Lipinski definition) is 4. The summed E-state index contributed by atoms with van der Waals surface area (Å²) in [6.07, 6.45) is 4.39. The average Bonchev–Trinajstić information content (AvgIpc) is 2.68. The number of carbonyl (C=O) groups excluding carboxylic acids is 1. The Balaban J connectivity index is 2.19. The predicted molar refractivity (Wildman–Crippen MR) is 118 cm³/mol. The fourth-order valence-corrected chi connectivity index (χ4v) is 3.67. The quantitative estimate of drug-likeness (QED) is 0.509. The Morgan fingerprint density at radius 1 is 0.968 bits per heavy atom. The highest BCUT2D eigenvalue weighted by molar-refractivity contribution is 6.07. The van der Waals surface area contributed by atoms with Crippen molar-refractivity contribution in [1.29, 1.82) is 0 Å². The number of ether oxygens (including phenoxy) is 1. The van der Waals surface area contributed by atoms with Crippen LogP contribution in [0.3, 0.4) is 0 Å². The zero-order valence-electron chi connectivity index (χ0n) is 18.2. The summed E-state index contributed by atoms with van der Waals surface area (Å²) in [7, 11) is 0. The van der Waals surface area contributed by atoms with Crippen LogP contribution in [0.5, 0.6) is 28.7 Å². The maximum atomic E-state index is 13.4. The molecule has 0 spiro atoms. The Morgan fingerprint density at radius 2 is 1.58 bits per heavy atom. The van der Waals surface area contributed by atoms with Crippen molar-refractivity contribution in [1.82, 2.24) is 0 Å². The van der Waals surface area contributed by atoms with Crippen LogP contribution in [-0.2, 0) is 12.8 Å². The maximum Gasteiger partial charge on any atom is 0.181 e. The van der Waals surface area contributed by atoms with Crippen molar-refractivity contribution in [3.05, 3.63) is 63.8 Å². The fraction of sp³-hybridized carbons (Fsp3) is 0.320. The molecule has 0 saturated heterocycles. The summed E-state index contributed by atoms with van der Waals surface area (Å²) in [5.41, 5.74) is 3.09. The molecule has 6 heteroatoms. The van der Waals surface area contributed by atoms with Gasteiger partial charge in [-0.1, -0.05) is 29.4 Å². The number of phenolic OH excluding ortho intramolecular Hbond substituents is 4. The SMILES string of the molecule is CC(C)=CCc1c(O)c(CC=C(C)C)c2c(c1O)C(=O)C(c1ccc(O)cc1O)CO2. The molecule has 6 nitrogen and oxygen atoms in total. The number of rotatable bonds is 5. The van der Waals surface area contributed by atoms with Crippen LogP contribution < -0.4 is 4.74 Å². The van der Waals surface area contributed by atoms with E-state index in [0.29, 0.717) is 17.5 Å². The first kappa shape index (κ1) is 22.3. The van der Waals surface area contributed by atoms with Crippen molar-refractivity contribution in [3.63, 3.8) is 0 Å². The summed E-state index contributed by atoms with van der Waals surface area (Å²) < 4.78 is 5.89. The molecule has 1 aliphatic heterocycles. The Kier molecular flexibility index (Phi) is 6.29. The number of hydrogen-bond acceptors (Lipinski definition) is 6. The number of benzene rings is 2. The highest BCUT2D eigenvalue weighted by atomic mass is 16.5. The highest BCUT2D eigenvalue weighted by Gasteiger charge is 2.38. The van der Waals surface area contributed by atoms with Crippen molar-refractivity contribution in [2.75, 3.05) is 6.61 Å². The van der Waals surface area contributed by atoms with Gasteiger partial charge >= 0.3 is 0 Å². The molecule has 31 heavy (non-hydrogen) atoms. The van der Waals surface area contributed by atoms with Gasteiger partial charge in [0.15, 0.2) is 5.78 Å². The molecule has 2 aromatic carbocycles. The number of Topliss-reactive ketones (excluding diaryl/α,β-unsaturated/α-hetero) is 1. The van der Waals surface area contributed by atoms with Crippen LogP contribution in [0.15, 0.2) is 41.5 Å². The number of carbonyl (C=O) groups is 1. The number of phenols is 4. The van der Waals surface area contributed by atoms with Crippen molar-refractivity contribution in [2.45, 2.75) is 46.5 Å². The number of allylic oxidation sites excluding steroid dienone is 4. The number of fused-ring (bicyclic) bond motifs is 1. The van der Waals surface area contributed by atoms with Crippen LogP contribution in [0, 0.1) is 0 Å². The lowest BCUT2D eigenvalue weighted by Gasteiger charge is -2.29. The average molecular weight is 424 g/mol. The first-order chi connectivity index (χ1) is 14.6. The molecule has 4 N–H and O–H groups in total. The van der Waals surface area contributed by atoms with Gasteiger partial charge in [0, 0.05) is 22.8 Å². The van der Waals surface area contributed by atoms with Gasteiger partial charge in [0.2, 0.25) is 0 Å². The van der Waals surface area contributed by atoms with Crippen molar-refractivity contribution in [2.24, 2.45) is 0 Å². The lowest BCUT2D eigenvalue weighted by molar-refractivity contribution is 0.0888. The summed E-state index contributed by atoms with van der Waals surface area (Å²) >= 11 is 0. The predicted octanol–water partition coefficient (Wildman–Crippen LogP) is 4.89. The molecule has 164 valence electrons. The van der Waals surface area contributed by atoms with E-state index in [4.69, 9.17) is 4.74 Å². The first-order valence-electron chi connectivity index (χ1n) is 10.2. The first-order valence-corrected chi connectivity index (χ1v) is 10.2. The molecule has 1 aliphatic rings. The van der Waals surface area contributed by atoms with E-state index in [-0.39, 0.29) is 52.9 Å². The van der Waals surface area contributed by atoms with Gasteiger partial charge < -0.3 is 25.2 Å². The molecule has 1 heterocycles. The fourth-order valence-electron chi connectivity index (χ4n) is 3.67. The third-order valence-corrected chi connectivity index (χ3v) is 5.37. The minimum Gasteiger partial charge on any atom is -0.508 e. The smallest absolute Gasteiger partial charge is 0.181 e. The molecule has 0 radical (unpaired) electrons. The molecule has 0 aliphatic carbocycles. The molecule has 0 aromatic heterocycles. The Morgan fingerprint density at radius 3 is 2.16 bits per heavy atom. The second kappa shape index (κ2) is 8.76. The van der Waals surface area contributed by atoms with Gasteiger partial charge in [-0.25, -0.2) is 0 Å². The monoisotopic (exact) mass is 424 g/mol. The Hall–Kier alpha value is -3.41. The van der Waals surface area contributed by atoms with Gasteiger partial charge in [0.1, 0.15) is 40.9 Å². The largest absolute Gasteiger partial charge is 0.508 e. The normalized spacial score (nSPS) is 15.1. The van der Waals surface area contributed by atoms with Crippen molar-refractivity contribution < 1.29 is 30.0 Å². The van der Waals surface area contributed by atoms with Gasteiger partial charge in [-0.05, 0) is 46.6 Å². The van der Waals surface area contributed by atoms with Gasteiger partial charge in [-0.15, -0.1) is 0 Å². The zero-order valence-corrected chi connectivity index (χ0v) is 18.2. The van der Waals surface area contributed by atoms with E-state index in [9.17, 15) is 25.2 Å². The van der Waals surface area contributed by atoms with Gasteiger partial charge in [-0.2, -0.15) is 0 Å². The summed E-state index contributed by atoms with van der Waals surface area (Å²) in [5, 5.41) is 41.7. The Labute approximate surface area is 181 Å². The third kappa shape index (κ3) is 4.38. The molecule has 0 fully saturated rings. The minimum absolute atomic E-state index is 0.0100. The van der Waals surface area contributed by atoms with Crippen molar-refractivity contribution >= 4 is 5.78 Å². The van der Waals surface area contributed by atoms with Crippen molar-refractivity contribution in [3.8, 4) is 28.7 Å². The number of aromatic hydroxyl groups is 4. The second-order valence-corrected chi connectivity index (χ2v) is 8.30. The molecule has 0 saturated carbocycles. The van der Waals surface area contributed by atoms with Crippen LogP contribution in [-0.4, -0.2) is 32.8 Å². The van der Waals surface area contributed by atoms with E-state index >= 15 is 0 Å². The van der Waals surface area contributed by atoms with Crippen LogP contribution >= 0.6 is 0 Å². The highest BCUT2D eigenvalue weighted by Crippen LogP contribution is 2.48. The Bertz CT molecular complexity index is 1090. The summed E-state index contributed by atoms with van der Waals surface area (Å²) in [4.78, 5) is 13.4. The van der Waals surface area contributed by atoms with Gasteiger partial charge in [0.25, 0.3) is 0 Å². The molecule has 1 atom stereocenters. The van der Waals surface area contributed by atoms with E-state index in [2.05, 4.69) is 0 Å². The van der Waals surface area contributed by atoms with Gasteiger partial charge in [0.05, 0.1) is 5.92 Å². The van der Waals surface area contributed by atoms with E-state index in [1.54, 1.807) is 0 Å². The van der Waals surface area contributed by atoms with Gasteiger partial charge in [-0.3, -0.25) is 4.79 Å². The third-order valence-electron chi connectivity index (χ3n) is 5.37. The molecular weight excluding hydrogens is 396 g/mol. The molecule has 1 unspecified atom stereocenters. The summed E-state index contributed by atoms with van der Waals surface area (Å²) in [6.45, 7) is 7.63. The van der Waals surface area contributed by atoms with Crippen LogP contribution in [0.4, 0.5) is 0 Å². The molecule has 3 rings (SSSR count). The lowest BCUT2D eigenvalue weighted by atomic mass is 9.84. The van der Waals surface area contributed by atoms with E-state index in [0.717, 1.165) is 17.2 Å². The van der Waals surface area contributed by atoms with E-state index in [1.165, 1.54) is 12.1 Å². The summed E-state index contributed by atoms with van der Waals surface area (Å²) in [6, 6.07) is 4.01. The molecule has 0 amide bonds. The zero-order chi connectivity index (χ0) is 22.9. The van der Waals surface area contributed by atoms with Crippen LogP contribution in [0.25, 0.3) is 0 Å². The topological polar surface area (TPSA) is 107 Å². The molecule has 0 bridgehead atoms. The van der Waals surface area contributed by atoms with Crippen LogP contribution in [0.2, 0.25) is 0 Å². The summed E-state index contributed by atoms with van der Waals surface area (Å²) in [5.74, 6) is -1.81. The lowest BCUT2D eigenvalue weighted by Crippen LogP contribution is -2.27. The standard InChI is InChI=1S/C25H28O6/c1-13(2)5-8-17-22(28)18(9-6-14(3)4)25-21(23(17)29)24(30)19(12-31-25)16-10-7-15(26)11-20(16)27/h5-7,10-11,19,26-29H,8-9,12H2,1-4H3. The minimum atomic E-state index is -0.851. The maximum absolute atomic E-state index is 13.4. The van der Waals surface area contributed by atoms with E-state index < -0.39 is 11.7 Å². The number of ketones is 1.